The molecule has 3 saturated heterocycles. The number of likely N-dealkylation sites (N-methyl/N-ethyl adjacent to an activating group) is 1. The molecule has 8 rings (SSSR count). The molecule has 6 bridgehead atoms. The molecular formula is C51H64F3N9O8S. The second kappa shape index (κ2) is 20.9. The van der Waals surface area contributed by atoms with Crippen molar-refractivity contribution in [3.05, 3.63) is 70.8 Å². The average molecular weight is 1020 g/mol. The van der Waals surface area contributed by atoms with Gasteiger partial charge in [-0.3, -0.25) is 29.2 Å². The topological polar surface area (TPSA) is 181 Å². The van der Waals surface area contributed by atoms with E-state index in [9.17, 15) is 37.1 Å². The van der Waals surface area contributed by atoms with Gasteiger partial charge in [-0.2, -0.15) is 13.2 Å². The minimum atomic E-state index is -4.60. The Bertz CT molecular complexity index is 2720. The minimum Gasteiger partial charge on any atom is -0.464 e. The summed E-state index contributed by atoms with van der Waals surface area (Å²) in [7, 11) is 3.06. The van der Waals surface area contributed by atoms with E-state index in [4.69, 9.17) is 19.2 Å². The highest BCUT2D eigenvalue weighted by Crippen LogP contribution is 2.43. The molecule has 7 heterocycles. The van der Waals surface area contributed by atoms with Crippen molar-refractivity contribution in [1.82, 2.24) is 45.0 Å². The number of hydrogen-bond acceptors (Lipinski definition) is 12. The molecule has 1 aromatic carbocycles. The number of methoxy groups -OCH3 is 1. The van der Waals surface area contributed by atoms with Gasteiger partial charge < -0.3 is 38.8 Å². The number of fused-ring (bicyclic) bond motifs is 6. The number of halogens is 3. The minimum absolute atomic E-state index is 0.0633. The number of likely N-dealkylation sites (tertiary alicyclic amines) is 1. The van der Waals surface area contributed by atoms with Crippen molar-refractivity contribution in [2.45, 2.75) is 109 Å². The first-order valence-electron chi connectivity index (χ1n) is 24.4. The number of carbonyl (C=O) groups is 5. The molecule has 0 radical (unpaired) electrons. The molecule has 0 saturated carbocycles. The monoisotopic (exact) mass is 1020 g/mol. The average Bonchev–Trinajstić information content (AvgIpc) is 4.07. The van der Waals surface area contributed by atoms with E-state index in [2.05, 4.69) is 22.3 Å². The number of morpholine rings is 1. The van der Waals surface area contributed by atoms with Gasteiger partial charge in [0.05, 0.1) is 54.5 Å². The maximum atomic E-state index is 14.7. The van der Waals surface area contributed by atoms with Crippen LogP contribution in [0.4, 0.5) is 18.0 Å². The van der Waals surface area contributed by atoms with Gasteiger partial charge in [0.25, 0.3) is 5.91 Å². The van der Waals surface area contributed by atoms with Crippen molar-refractivity contribution in [2.24, 2.45) is 11.3 Å². The lowest BCUT2D eigenvalue weighted by Gasteiger charge is -2.40. The lowest BCUT2D eigenvalue weighted by Crippen LogP contribution is -2.62. The zero-order chi connectivity index (χ0) is 51.9. The second-order valence-corrected chi connectivity index (χ2v) is 21.4. The first-order chi connectivity index (χ1) is 34.1. The fraction of sp³-hybridized carbons (Fsp3) is 0.549. The Morgan fingerprint density at radius 2 is 1.88 bits per heavy atom. The number of alkyl halides is 3. The molecule has 388 valence electrons. The Kier molecular flexibility index (Phi) is 15.2. The van der Waals surface area contributed by atoms with E-state index in [0.29, 0.717) is 95.2 Å². The van der Waals surface area contributed by atoms with Gasteiger partial charge in [-0.25, -0.2) is 15.2 Å². The number of amides is 5. The lowest BCUT2D eigenvalue weighted by molar-refractivity contribution is -0.155. The summed E-state index contributed by atoms with van der Waals surface area (Å²) in [5.41, 5.74) is 4.80. The summed E-state index contributed by atoms with van der Waals surface area (Å²) in [4.78, 5) is 84.1. The third-order valence-corrected chi connectivity index (χ3v) is 15.0. The van der Waals surface area contributed by atoms with Crippen molar-refractivity contribution >= 4 is 52.0 Å². The summed E-state index contributed by atoms with van der Waals surface area (Å²) in [6, 6.07) is 5.06. The number of rotatable bonds is 9. The number of urea groups is 1. The summed E-state index contributed by atoms with van der Waals surface area (Å²) in [6.45, 7) is 13.2. The molecule has 21 heteroatoms. The fourth-order valence-corrected chi connectivity index (χ4v) is 11.4. The summed E-state index contributed by atoms with van der Waals surface area (Å²) >= 11 is 1.26. The van der Waals surface area contributed by atoms with Crippen LogP contribution in [0.1, 0.15) is 76.3 Å². The van der Waals surface area contributed by atoms with Crippen LogP contribution in [0, 0.1) is 11.3 Å². The second-order valence-electron chi connectivity index (χ2n) is 20.5. The van der Waals surface area contributed by atoms with Gasteiger partial charge in [0.1, 0.15) is 30.3 Å². The number of hydrogen-bond donors (Lipinski definition) is 2. The molecule has 3 fully saturated rings. The maximum absolute atomic E-state index is 14.7. The summed E-state index contributed by atoms with van der Waals surface area (Å²) < 4.78 is 63.2. The Labute approximate surface area is 421 Å². The van der Waals surface area contributed by atoms with Crippen molar-refractivity contribution in [3.8, 4) is 22.5 Å². The van der Waals surface area contributed by atoms with E-state index in [1.165, 1.54) is 39.0 Å². The molecule has 4 aromatic rings. The third-order valence-electron chi connectivity index (χ3n) is 14.1. The highest BCUT2D eigenvalue weighted by molar-refractivity contribution is 7.10. The van der Waals surface area contributed by atoms with Crippen LogP contribution in [0.3, 0.4) is 0 Å². The molecule has 2 N–H and O–H groups in total. The lowest BCUT2D eigenvalue weighted by atomic mass is 9.84. The molecule has 3 aromatic heterocycles. The van der Waals surface area contributed by atoms with Crippen molar-refractivity contribution in [1.29, 1.82) is 0 Å². The molecule has 5 amide bonds. The standard InChI is InChI=1S/C51H64F3N9O8S/c1-9-41(64)60-20-21-71-50(26-60)16-19-61(27-50)48(68)59(7)43(30(2)3)45(65)57-37-23-40-56-38(25-72-40)32-14-15-39-34(22-32)35(24-49(5,6)29-70-47(67)36-13-11-18-63(58-36)46(37)66)44(62(39)28-51(52,53)54)33-12-10-17-55-42(33)31(4)69-8/h9-10,12,14-15,17,22,25,30-31,36-37,43,58H,1,11,13,16,18-21,23-24,26-29H2,2-8H3,(H,57,65)/t31-,36?,37-,43-,50-/m0/s1. The van der Waals surface area contributed by atoms with Crippen LogP contribution in [0.2, 0.25) is 0 Å². The number of pyridine rings is 1. The normalized spacial score (nSPS) is 22.7. The van der Waals surface area contributed by atoms with E-state index in [1.54, 1.807) is 59.6 Å². The molecule has 4 aliphatic heterocycles. The fourth-order valence-electron chi connectivity index (χ4n) is 10.5. The zero-order valence-electron chi connectivity index (χ0n) is 41.8. The van der Waals surface area contributed by atoms with Crippen LogP contribution >= 0.6 is 11.3 Å². The molecule has 17 nitrogen and oxygen atoms in total. The van der Waals surface area contributed by atoms with Crippen LogP contribution in [0.5, 0.6) is 0 Å². The molecular weight excluding hydrogens is 956 g/mol. The number of cyclic esters (lactones) is 1. The highest BCUT2D eigenvalue weighted by atomic mass is 32.1. The van der Waals surface area contributed by atoms with Crippen molar-refractivity contribution in [2.75, 3.05) is 60.1 Å². The maximum Gasteiger partial charge on any atom is 0.406 e. The van der Waals surface area contributed by atoms with Crippen LogP contribution in [-0.2, 0) is 52.8 Å². The first-order valence-corrected chi connectivity index (χ1v) is 25.3. The molecule has 72 heavy (non-hydrogen) atoms. The summed E-state index contributed by atoms with van der Waals surface area (Å²) in [6.07, 6.45) is -0.904. The zero-order valence-corrected chi connectivity index (χ0v) is 42.7. The van der Waals surface area contributed by atoms with Crippen molar-refractivity contribution in [3.63, 3.8) is 0 Å². The largest absolute Gasteiger partial charge is 0.464 e. The van der Waals surface area contributed by atoms with Gasteiger partial charge in [0.15, 0.2) is 0 Å². The van der Waals surface area contributed by atoms with Gasteiger partial charge in [0, 0.05) is 79.2 Å². The van der Waals surface area contributed by atoms with Gasteiger partial charge in [-0.05, 0) is 74.4 Å². The first kappa shape index (κ1) is 52.4. The number of aromatic nitrogens is 3. The van der Waals surface area contributed by atoms with Crippen LogP contribution in [0.25, 0.3) is 33.4 Å². The number of benzene rings is 1. The van der Waals surface area contributed by atoms with Gasteiger partial charge in [-0.1, -0.05) is 40.3 Å². The van der Waals surface area contributed by atoms with Crippen LogP contribution in [-0.4, -0.2) is 154 Å². The number of carbonyl (C=O) groups excluding carboxylic acids is 5. The van der Waals surface area contributed by atoms with Crippen LogP contribution < -0.4 is 10.7 Å². The molecule has 5 atom stereocenters. The van der Waals surface area contributed by atoms with E-state index < -0.39 is 77.7 Å². The SMILES string of the molecule is C=CC(=O)N1CCO[C@@]2(CCN(C(=O)N(C)[C@H](C(=O)N[C@H]3Cc4nc(cs4)-c4ccc5c(c4)c(c(-c4cccnc4[C@H](C)OC)n5CC(F)(F)F)CC(C)(C)COC(=O)C4CCCN(N4)C3=O)C(C)C)C2)C1. The Balaban J connectivity index is 1.15. The molecule has 1 unspecified atom stereocenters. The summed E-state index contributed by atoms with van der Waals surface area (Å²) in [5, 5.41) is 7.13. The number of ether oxygens (including phenoxy) is 3. The molecule has 0 aliphatic carbocycles. The predicted octanol–water partition coefficient (Wildman–Crippen LogP) is 6.31. The van der Waals surface area contributed by atoms with E-state index in [1.807, 2.05) is 33.8 Å². The predicted molar refractivity (Wildman–Crippen MR) is 263 cm³/mol. The smallest absolute Gasteiger partial charge is 0.406 e. The quantitative estimate of drug-likeness (QED) is 0.142. The Morgan fingerprint density at radius 1 is 1.11 bits per heavy atom. The van der Waals surface area contributed by atoms with E-state index >= 15 is 0 Å². The molecule has 1 spiro atoms. The third kappa shape index (κ3) is 11.0. The number of esters is 1. The number of nitrogens with zero attached hydrogens (tertiary/aromatic N) is 7. The number of hydrazine groups is 1. The van der Waals surface area contributed by atoms with Crippen molar-refractivity contribution < 1.29 is 51.4 Å². The number of nitrogens with one attached hydrogen (secondary N) is 2. The van der Waals surface area contributed by atoms with E-state index in [0.717, 1.165) is 0 Å². The van der Waals surface area contributed by atoms with Gasteiger partial charge in [0.2, 0.25) is 11.8 Å². The number of thiazole rings is 1. The highest BCUT2D eigenvalue weighted by Gasteiger charge is 2.47. The Hall–Kier alpha value is -5.90. The van der Waals surface area contributed by atoms with Crippen LogP contribution in [0.15, 0.2) is 54.6 Å². The Morgan fingerprint density at radius 3 is 2.60 bits per heavy atom. The van der Waals surface area contributed by atoms with E-state index in [-0.39, 0.29) is 38.4 Å². The van der Waals surface area contributed by atoms with Gasteiger partial charge >= 0.3 is 18.2 Å². The molecule has 4 aliphatic rings. The van der Waals surface area contributed by atoms with Gasteiger partial charge in [-0.15, -0.1) is 11.3 Å². The summed E-state index contributed by atoms with van der Waals surface area (Å²) in [5.74, 6) is -2.33.